The average Bonchev–Trinajstić information content (AvgIpc) is 3.90. The molecule has 0 spiro atoms. The first-order chi connectivity index (χ1) is 25.8. The van der Waals surface area contributed by atoms with E-state index in [4.69, 9.17) is 8.83 Å². The van der Waals surface area contributed by atoms with Crippen LogP contribution in [0.2, 0.25) is 0 Å². The number of thiophene rings is 1. The minimum atomic E-state index is 0.842. The quantitative estimate of drug-likeness (QED) is 0.181. The molecule has 0 radical (unpaired) electrons. The Kier molecular flexibility index (Phi) is 6.42. The minimum absolute atomic E-state index is 0.842. The van der Waals surface area contributed by atoms with Crippen LogP contribution in [-0.4, -0.2) is 0 Å². The Hall–Kier alpha value is -6.62. The standard InChI is InChI=1S/C48H29NO2S/c1-3-12-30(13-4-1)31-22-24-33(25-23-31)49(32-14-5-2-6-15-32)34-28-39(37-19-11-18-36-35-16-8-10-21-44(35)52-48(36)37)47-40(29-34)46-43(51-47)27-26-42-45(46)38-17-7-9-20-41(38)50-42/h1-29H. The van der Waals surface area contributed by atoms with Crippen molar-refractivity contribution in [2.24, 2.45) is 0 Å². The predicted octanol–water partition coefficient (Wildman–Crippen LogP) is 14.7. The molecule has 3 aromatic heterocycles. The Balaban J connectivity index is 1.24. The number of furan rings is 2. The lowest BCUT2D eigenvalue weighted by atomic mass is 9.97. The lowest BCUT2D eigenvalue weighted by Crippen LogP contribution is -2.10. The summed E-state index contributed by atoms with van der Waals surface area (Å²) in [5.74, 6) is 0. The highest BCUT2D eigenvalue weighted by atomic mass is 32.1. The van der Waals surface area contributed by atoms with E-state index in [2.05, 4.69) is 163 Å². The number of benzene rings is 8. The molecule has 3 heterocycles. The molecule has 0 unspecified atom stereocenters. The van der Waals surface area contributed by atoms with Crippen LogP contribution in [-0.2, 0) is 0 Å². The number of hydrogen-bond donors (Lipinski definition) is 0. The molecule has 0 atom stereocenters. The van der Waals surface area contributed by atoms with Gasteiger partial charge >= 0.3 is 0 Å². The molecule has 0 aliphatic heterocycles. The van der Waals surface area contributed by atoms with E-state index in [1.54, 1.807) is 0 Å². The van der Waals surface area contributed by atoms with Gasteiger partial charge in [-0.15, -0.1) is 11.3 Å². The van der Waals surface area contributed by atoms with Crippen LogP contribution in [0, 0.1) is 0 Å². The largest absolute Gasteiger partial charge is 0.456 e. The SMILES string of the molecule is c1ccc(-c2ccc(N(c3ccccc3)c3cc(-c4cccc5c4sc4ccccc45)c4oc5ccc6oc7ccccc7c6c5c4c3)cc2)cc1. The van der Waals surface area contributed by atoms with Crippen LogP contribution >= 0.6 is 11.3 Å². The van der Waals surface area contributed by atoms with Crippen LogP contribution in [0.3, 0.4) is 0 Å². The molecular weight excluding hydrogens is 655 g/mol. The molecule has 0 aliphatic rings. The van der Waals surface area contributed by atoms with Gasteiger partial charge in [0, 0.05) is 69.9 Å². The highest BCUT2D eigenvalue weighted by molar-refractivity contribution is 7.26. The van der Waals surface area contributed by atoms with Gasteiger partial charge in [-0.2, -0.15) is 0 Å². The highest BCUT2D eigenvalue weighted by Gasteiger charge is 2.24. The van der Waals surface area contributed by atoms with Crippen LogP contribution in [0.5, 0.6) is 0 Å². The van der Waals surface area contributed by atoms with Gasteiger partial charge in [-0.3, -0.25) is 0 Å². The van der Waals surface area contributed by atoms with Crippen molar-refractivity contribution in [1.82, 2.24) is 0 Å². The summed E-state index contributed by atoms with van der Waals surface area (Å²) < 4.78 is 15.9. The van der Waals surface area contributed by atoms with E-state index in [0.29, 0.717) is 0 Å². The zero-order valence-corrected chi connectivity index (χ0v) is 28.7. The Morgan fingerprint density at radius 3 is 1.85 bits per heavy atom. The third-order valence-corrected chi connectivity index (χ3v) is 11.5. The zero-order chi connectivity index (χ0) is 34.2. The molecular formula is C48H29NO2S. The van der Waals surface area contributed by atoms with Gasteiger partial charge in [-0.05, 0) is 71.8 Å². The fourth-order valence-corrected chi connectivity index (χ4v) is 9.15. The van der Waals surface area contributed by atoms with E-state index in [0.717, 1.165) is 72.1 Å². The van der Waals surface area contributed by atoms with E-state index < -0.39 is 0 Å². The molecule has 11 rings (SSSR count). The second-order valence-electron chi connectivity index (χ2n) is 13.2. The van der Waals surface area contributed by atoms with Gasteiger partial charge in [0.05, 0.1) is 0 Å². The summed E-state index contributed by atoms with van der Waals surface area (Å²) in [5.41, 5.74) is 11.2. The summed E-state index contributed by atoms with van der Waals surface area (Å²) in [6.07, 6.45) is 0. The Morgan fingerprint density at radius 1 is 0.385 bits per heavy atom. The van der Waals surface area contributed by atoms with Crippen LogP contribution in [0.4, 0.5) is 17.1 Å². The van der Waals surface area contributed by atoms with Crippen LogP contribution in [0.25, 0.3) is 86.3 Å². The van der Waals surface area contributed by atoms with Crippen molar-refractivity contribution < 1.29 is 8.83 Å². The Bertz CT molecular complexity index is 3120. The van der Waals surface area contributed by atoms with Gasteiger partial charge in [-0.1, -0.05) is 115 Å². The smallest absolute Gasteiger partial charge is 0.143 e. The second kappa shape index (κ2) is 11.5. The van der Waals surface area contributed by atoms with Crippen LogP contribution in [0.15, 0.2) is 185 Å². The van der Waals surface area contributed by atoms with Gasteiger partial charge in [0.2, 0.25) is 0 Å². The molecule has 0 aliphatic carbocycles. The summed E-state index contributed by atoms with van der Waals surface area (Å²) in [6, 6.07) is 62.4. The number of para-hydroxylation sites is 2. The maximum absolute atomic E-state index is 6.94. The number of nitrogens with zero attached hydrogens (tertiary/aromatic N) is 1. The molecule has 0 amide bonds. The molecule has 0 saturated heterocycles. The second-order valence-corrected chi connectivity index (χ2v) is 14.3. The molecule has 0 fully saturated rings. The zero-order valence-electron chi connectivity index (χ0n) is 27.9. The first kappa shape index (κ1) is 29.1. The molecule has 0 N–H and O–H groups in total. The summed E-state index contributed by atoms with van der Waals surface area (Å²) in [7, 11) is 0. The lowest BCUT2D eigenvalue weighted by molar-refractivity contribution is 0.663. The predicted molar refractivity (Wildman–Crippen MR) is 219 cm³/mol. The minimum Gasteiger partial charge on any atom is -0.456 e. The summed E-state index contributed by atoms with van der Waals surface area (Å²) in [5, 5.41) is 6.81. The molecule has 3 nitrogen and oxygen atoms in total. The fourth-order valence-electron chi connectivity index (χ4n) is 7.92. The highest BCUT2D eigenvalue weighted by Crippen LogP contribution is 2.49. The monoisotopic (exact) mass is 683 g/mol. The van der Waals surface area contributed by atoms with Gasteiger partial charge in [0.15, 0.2) is 0 Å². The van der Waals surface area contributed by atoms with Crippen molar-refractivity contribution in [2.45, 2.75) is 0 Å². The van der Waals surface area contributed by atoms with E-state index in [9.17, 15) is 0 Å². The maximum Gasteiger partial charge on any atom is 0.143 e. The molecule has 244 valence electrons. The normalized spacial score (nSPS) is 11.8. The van der Waals surface area contributed by atoms with E-state index >= 15 is 0 Å². The van der Waals surface area contributed by atoms with Gasteiger partial charge < -0.3 is 13.7 Å². The van der Waals surface area contributed by atoms with Crippen molar-refractivity contribution in [3.05, 3.63) is 176 Å². The van der Waals surface area contributed by atoms with Gasteiger partial charge in [0.1, 0.15) is 22.3 Å². The average molecular weight is 684 g/mol. The number of rotatable bonds is 5. The van der Waals surface area contributed by atoms with Crippen molar-refractivity contribution in [3.8, 4) is 22.3 Å². The molecule has 0 saturated carbocycles. The molecule has 0 bridgehead atoms. The molecule has 52 heavy (non-hydrogen) atoms. The van der Waals surface area contributed by atoms with E-state index in [1.807, 2.05) is 29.5 Å². The molecule has 11 aromatic rings. The fraction of sp³-hybridized carbons (Fsp3) is 0. The van der Waals surface area contributed by atoms with Gasteiger partial charge in [-0.25, -0.2) is 0 Å². The number of hydrogen-bond acceptors (Lipinski definition) is 4. The third kappa shape index (κ3) is 4.45. The van der Waals surface area contributed by atoms with Crippen molar-refractivity contribution in [3.63, 3.8) is 0 Å². The summed E-state index contributed by atoms with van der Waals surface area (Å²) >= 11 is 1.84. The first-order valence-corrected chi connectivity index (χ1v) is 18.3. The van der Waals surface area contributed by atoms with Gasteiger partial charge in [0.25, 0.3) is 0 Å². The Labute approximate surface area is 303 Å². The lowest BCUT2D eigenvalue weighted by Gasteiger charge is -2.26. The Morgan fingerprint density at radius 2 is 1.02 bits per heavy atom. The molecule has 4 heteroatoms. The third-order valence-electron chi connectivity index (χ3n) is 10.3. The number of fused-ring (bicyclic) bond motifs is 10. The summed E-state index contributed by atoms with van der Waals surface area (Å²) in [6.45, 7) is 0. The van der Waals surface area contributed by atoms with Crippen molar-refractivity contribution in [1.29, 1.82) is 0 Å². The van der Waals surface area contributed by atoms with E-state index in [1.165, 1.54) is 31.3 Å². The molecule has 8 aromatic carbocycles. The maximum atomic E-state index is 6.94. The first-order valence-electron chi connectivity index (χ1n) is 17.5. The summed E-state index contributed by atoms with van der Waals surface area (Å²) in [4.78, 5) is 2.36. The number of anilines is 3. The van der Waals surface area contributed by atoms with Crippen molar-refractivity contribution in [2.75, 3.05) is 4.90 Å². The van der Waals surface area contributed by atoms with Crippen LogP contribution < -0.4 is 4.90 Å². The topological polar surface area (TPSA) is 29.5 Å². The van der Waals surface area contributed by atoms with E-state index in [-0.39, 0.29) is 0 Å². The van der Waals surface area contributed by atoms with Crippen LogP contribution in [0.1, 0.15) is 0 Å². The van der Waals surface area contributed by atoms with Crippen molar-refractivity contribution >= 4 is 92.4 Å².